The Morgan fingerprint density at radius 3 is 2.50 bits per heavy atom. The van der Waals surface area contributed by atoms with Crippen LogP contribution in [0.3, 0.4) is 0 Å². The minimum absolute atomic E-state index is 0.109. The van der Waals surface area contributed by atoms with Crippen molar-refractivity contribution in [1.82, 2.24) is 0 Å². The van der Waals surface area contributed by atoms with Crippen LogP contribution in [-0.2, 0) is 9.53 Å². The van der Waals surface area contributed by atoms with Crippen LogP contribution in [0, 0.1) is 5.41 Å². The first-order valence-electron chi connectivity index (χ1n) is 5.05. The maximum atomic E-state index is 11.4. The highest BCUT2D eigenvalue weighted by Crippen LogP contribution is 2.01. The molecule has 0 atom stereocenters. The maximum Gasteiger partial charge on any atom is 0.357 e. The van der Waals surface area contributed by atoms with E-state index in [-0.39, 0.29) is 12.3 Å². The lowest BCUT2D eigenvalue weighted by Gasteiger charge is -2.03. The third-order valence-corrected chi connectivity index (χ3v) is 1.97. The van der Waals surface area contributed by atoms with Crippen molar-refractivity contribution in [2.24, 2.45) is 0 Å². The molecule has 1 aromatic rings. The number of carbonyl (C=O) groups is 1. The van der Waals surface area contributed by atoms with Crippen LogP contribution in [0.15, 0.2) is 42.0 Å². The second-order valence-electron chi connectivity index (χ2n) is 3.62. The van der Waals surface area contributed by atoms with Crippen LogP contribution >= 0.6 is 0 Å². The van der Waals surface area contributed by atoms with Gasteiger partial charge in [0.05, 0.1) is 0 Å². The van der Waals surface area contributed by atoms with Crippen LogP contribution in [0.1, 0.15) is 19.4 Å². The number of hydrogen-bond donors (Lipinski definition) is 1. The molecule has 16 heavy (non-hydrogen) atoms. The third-order valence-electron chi connectivity index (χ3n) is 1.97. The first kappa shape index (κ1) is 12.2. The molecule has 0 aliphatic rings. The zero-order valence-electron chi connectivity index (χ0n) is 9.49. The smallest absolute Gasteiger partial charge is 0.357 e. The minimum atomic E-state index is -0.594. The van der Waals surface area contributed by atoms with E-state index in [0.717, 1.165) is 5.57 Å². The Hall–Kier alpha value is -1.90. The molecule has 1 aromatic carbocycles. The second-order valence-corrected chi connectivity index (χ2v) is 3.62. The Morgan fingerprint density at radius 2 is 1.94 bits per heavy atom. The third kappa shape index (κ3) is 3.69. The van der Waals surface area contributed by atoms with Gasteiger partial charge in [-0.1, -0.05) is 35.9 Å². The molecule has 0 aliphatic heterocycles. The number of carbonyl (C=O) groups excluding carboxylic acids is 1. The SMILES string of the molecule is CC(C)=CCOC(=O)C(=N)c1ccccc1. The van der Waals surface area contributed by atoms with Crippen molar-refractivity contribution in [2.75, 3.05) is 6.61 Å². The number of hydrogen-bond acceptors (Lipinski definition) is 3. The van der Waals surface area contributed by atoms with Gasteiger partial charge in [-0.05, 0) is 19.9 Å². The molecular weight excluding hydrogens is 202 g/mol. The fraction of sp³-hybridized carbons (Fsp3) is 0.231. The maximum absolute atomic E-state index is 11.4. The highest BCUT2D eigenvalue weighted by atomic mass is 16.5. The normalized spacial score (nSPS) is 9.38. The summed E-state index contributed by atoms with van der Waals surface area (Å²) in [4.78, 5) is 11.4. The molecule has 0 amide bonds. The average Bonchev–Trinajstić information content (AvgIpc) is 2.28. The van der Waals surface area contributed by atoms with E-state index in [9.17, 15) is 4.79 Å². The summed E-state index contributed by atoms with van der Waals surface area (Å²) in [7, 11) is 0. The number of rotatable bonds is 4. The number of nitrogens with one attached hydrogen (secondary N) is 1. The molecule has 0 saturated carbocycles. The molecular formula is C13H15NO2. The van der Waals surface area contributed by atoms with Crippen LogP contribution in [0.5, 0.6) is 0 Å². The van der Waals surface area contributed by atoms with Gasteiger partial charge in [0.2, 0.25) is 0 Å². The molecule has 0 unspecified atom stereocenters. The van der Waals surface area contributed by atoms with Gasteiger partial charge in [0.1, 0.15) is 12.3 Å². The first-order valence-corrected chi connectivity index (χ1v) is 5.05. The van der Waals surface area contributed by atoms with E-state index in [1.54, 1.807) is 30.3 Å². The van der Waals surface area contributed by atoms with E-state index in [2.05, 4.69) is 0 Å². The average molecular weight is 217 g/mol. The lowest BCUT2D eigenvalue weighted by Crippen LogP contribution is -2.17. The van der Waals surface area contributed by atoms with Gasteiger partial charge in [-0.3, -0.25) is 5.41 Å². The van der Waals surface area contributed by atoms with Crippen LogP contribution in [0.25, 0.3) is 0 Å². The number of benzene rings is 1. The fourth-order valence-corrected chi connectivity index (χ4v) is 1.08. The van der Waals surface area contributed by atoms with Gasteiger partial charge in [-0.15, -0.1) is 0 Å². The van der Waals surface area contributed by atoms with Gasteiger partial charge in [-0.25, -0.2) is 4.79 Å². The minimum Gasteiger partial charge on any atom is -0.457 e. The van der Waals surface area contributed by atoms with Crippen molar-refractivity contribution in [2.45, 2.75) is 13.8 Å². The Bertz CT molecular complexity index is 403. The largest absolute Gasteiger partial charge is 0.457 e. The molecule has 0 saturated heterocycles. The molecule has 0 heterocycles. The second kappa shape index (κ2) is 5.85. The molecule has 0 spiro atoms. The van der Waals surface area contributed by atoms with Crippen LogP contribution in [0.4, 0.5) is 0 Å². The highest BCUT2D eigenvalue weighted by Gasteiger charge is 2.11. The summed E-state index contributed by atoms with van der Waals surface area (Å²) in [6.45, 7) is 4.07. The molecule has 0 fully saturated rings. The summed E-state index contributed by atoms with van der Waals surface area (Å²) in [6.07, 6.45) is 1.80. The summed E-state index contributed by atoms with van der Waals surface area (Å²) in [5.41, 5.74) is 1.55. The molecule has 3 heteroatoms. The number of esters is 1. The van der Waals surface area contributed by atoms with Gasteiger partial charge in [0.15, 0.2) is 0 Å². The molecule has 1 rings (SSSR count). The van der Waals surface area contributed by atoms with Gasteiger partial charge < -0.3 is 4.74 Å². The zero-order valence-corrected chi connectivity index (χ0v) is 9.49. The summed E-state index contributed by atoms with van der Waals surface area (Å²) in [5, 5.41) is 7.63. The lowest BCUT2D eigenvalue weighted by molar-refractivity contribution is -0.134. The molecule has 84 valence electrons. The highest BCUT2D eigenvalue weighted by molar-refractivity contribution is 6.41. The summed E-state index contributed by atoms with van der Waals surface area (Å²) < 4.78 is 4.93. The van der Waals surface area contributed by atoms with Gasteiger partial charge in [-0.2, -0.15) is 0 Å². The van der Waals surface area contributed by atoms with Crippen LogP contribution in [0.2, 0.25) is 0 Å². The van der Waals surface area contributed by atoms with Crippen molar-refractivity contribution in [3.05, 3.63) is 47.5 Å². The summed E-state index contributed by atoms with van der Waals surface area (Å²) in [6, 6.07) is 8.83. The zero-order chi connectivity index (χ0) is 12.0. The van der Waals surface area contributed by atoms with Crippen molar-refractivity contribution in [1.29, 1.82) is 5.41 Å². The molecule has 0 bridgehead atoms. The molecule has 3 nitrogen and oxygen atoms in total. The monoisotopic (exact) mass is 217 g/mol. The summed E-state index contributed by atoms with van der Waals surface area (Å²) >= 11 is 0. The van der Waals surface area contributed by atoms with Gasteiger partial charge in [0.25, 0.3) is 0 Å². The predicted molar refractivity (Wildman–Crippen MR) is 63.7 cm³/mol. The Labute approximate surface area is 95.3 Å². The first-order chi connectivity index (χ1) is 7.61. The van der Waals surface area contributed by atoms with Crippen LogP contribution < -0.4 is 0 Å². The van der Waals surface area contributed by atoms with E-state index >= 15 is 0 Å². The van der Waals surface area contributed by atoms with Gasteiger partial charge in [0, 0.05) is 5.56 Å². The van der Waals surface area contributed by atoms with Crippen molar-refractivity contribution < 1.29 is 9.53 Å². The lowest BCUT2D eigenvalue weighted by atomic mass is 10.1. The topological polar surface area (TPSA) is 50.2 Å². The van der Waals surface area contributed by atoms with E-state index in [0.29, 0.717) is 5.56 Å². The van der Waals surface area contributed by atoms with E-state index in [4.69, 9.17) is 10.1 Å². The van der Waals surface area contributed by atoms with Crippen molar-refractivity contribution in [3.63, 3.8) is 0 Å². The quantitative estimate of drug-likeness (QED) is 0.478. The Kier molecular flexibility index (Phi) is 4.45. The standard InChI is InChI=1S/C13H15NO2/c1-10(2)8-9-16-13(15)12(14)11-6-4-3-5-7-11/h3-8,14H,9H2,1-2H3. The van der Waals surface area contributed by atoms with Crippen molar-refractivity contribution in [3.8, 4) is 0 Å². The Balaban J connectivity index is 2.56. The van der Waals surface area contributed by atoms with E-state index < -0.39 is 5.97 Å². The van der Waals surface area contributed by atoms with E-state index in [1.807, 2.05) is 19.9 Å². The predicted octanol–water partition coefficient (Wildman–Crippen LogP) is 2.56. The molecule has 1 N–H and O–H groups in total. The van der Waals surface area contributed by atoms with Crippen molar-refractivity contribution >= 4 is 11.7 Å². The summed E-state index contributed by atoms with van der Waals surface area (Å²) in [5.74, 6) is -0.594. The Morgan fingerprint density at radius 1 is 1.31 bits per heavy atom. The molecule has 0 aliphatic carbocycles. The fourth-order valence-electron chi connectivity index (χ4n) is 1.08. The molecule has 0 aromatic heterocycles. The van der Waals surface area contributed by atoms with E-state index in [1.165, 1.54) is 0 Å². The number of ether oxygens (including phenoxy) is 1. The van der Waals surface area contributed by atoms with Crippen LogP contribution in [-0.4, -0.2) is 18.3 Å². The van der Waals surface area contributed by atoms with Gasteiger partial charge >= 0.3 is 5.97 Å². The number of allylic oxidation sites excluding steroid dienone is 1. The molecule has 0 radical (unpaired) electrons.